The Bertz CT molecular complexity index is 173. The average Bonchev–Trinajstić information content (AvgIpc) is 2.54. The van der Waals surface area contributed by atoms with Crippen molar-refractivity contribution in [2.75, 3.05) is 6.61 Å². The Morgan fingerprint density at radius 2 is 2.08 bits per heavy atom. The van der Waals surface area contributed by atoms with E-state index >= 15 is 0 Å². The Labute approximate surface area is 80.7 Å². The molecule has 2 nitrogen and oxygen atoms in total. The van der Waals surface area contributed by atoms with Gasteiger partial charge in [0.15, 0.2) is 0 Å². The van der Waals surface area contributed by atoms with Crippen LogP contribution in [0, 0.1) is 11.8 Å². The summed E-state index contributed by atoms with van der Waals surface area (Å²) in [4.78, 5) is 11.9. The normalized spacial score (nSPS) is 28.3. The number of hydrogen-bond acceptors (Lipinski definition) is 2. The molecule has 2 heteroatoms. The van der Waals surface area contributed by atoms with Crippen LogP contribution in [-0.4, -0.2) is 18.5 Å². The van der Waals surface area contributed by atoms with Gasteiger partial charge in [-0.2, -0.15) is 0 Å². The number of carbonyl (C=O) groups excluding carboxylic acids is 1. The zero-order chi connectivity index (χ0) is 9.84. The van der Waals surface area contributed by atoms with Gasteiger partial charge in [0.05, 0.1) is 12.7 Å². The third-order valence-corrected chi connectivity index (χ3v) is 2.99. The SMILES string of the molecule is CCC(CC)C(=O)C1COC(C)C1. The lowest BCUT2D eigenvalue weighted by atomic mass is 9.88. The second kappa shape index (κ2) is 4.75. The number of ether oxygens (including phenoxy) is 1. The maximum atomic E-state index is 11.9. The molecule has 1 saturated heterocycles. The number of carbonyl (C=O) groups is 1. The van der Waals surface area contributed by atoms with Crippen molar-refractivity contribution in [2.24, 2.45) is 11.8 Å². The molecule has 0 aromatic rings. The van der Waals surface area contributed by atoms with Crippen LogP contribution in [-0.2, 0) is 9.53 Å². The Balaban J connectivity index is 2.47. The van der Waals surface area contributed by atoms with Crippen LogP contribution in [0.3, 0.4) is 0 Å². The number of hydrogen-bond donors (Lipinski definition) is 0. The van der Waals surface area contributed by atoms with Gasteiger partial charge in [0, 0.05) is 11.8 Å². The van der Waals surface area contributed by atoms with E-state index in [1.165, 1.54) is 0 Å². The van der Waals surface area contributed by atoms with Gasteiger partial charge in [-0.3, -0.25) is 4.79 Å². The summed E-state index contributed by atoms with van der Waals surface area (Å²) in [5.74, 6) is 0.869. The van der Waals surface area contributed by atoms with Gasteiger partial charge in [0.25, 0.3) is 0 Å². The van der Waals surface area contributed by atoms with Gasteiger partial charge in [0.2, 0.25) is 0 Å². The van der Waals surface area contributed by atoms with Gasteiger partial charge in [0.1, 0.15) is 5.78 Å². The molecule has 0 saturated carbocycles. The third-order valence-electron chi connectivity index (χ3n) is 2.99. The number of rotatable bonds is 4. The van der Waals surface area contributed by atoms with Gasteiger partial charge in [-0.05, 0) is 26.2 Å². The molecule has 13 heavy (non-hydrogen) atoms. The second-order valence-electron chi connectivity index (χ2n) is 3.99. The second-order valence-corrected chi connectivity index (χ2v) is 3.99. The smallest absolute Gasteiger partial charge is 0.141 e. The quantitative estimate of drug-likeness (QED) is 0.670. The molecule has 0 amide bonds. The summed E-state index contributed by atoms with van der Waals surface area (Å²) < 4.78 is 5.40. The van der Waals surface area contributed by atoms with Crippen LogP contribution in [0.5, 0.6) is 0 Å². The predicted molar refractivity (Wildman–Crippen MR) is 52.6 cm³/mol. The minimum absolute atomic E-state index is 0.180. The first-order valence-electron chi connectivity index (χ1n) is 5.34. The van der Waals surface area contributed by atoms with Crippen LogP contribution < -0.4 is 0 Å². The molecule has 2 atom stereocenters. The standard InChI is InChI=1S/C11H20O2/c1-4-9(5-2)11(12)10-6-8(3)13-7-10/h8-10H,4-7H2,1-3H3. The largest absolute Gasteiger partial charge is 0.378 e. The molecule has 1 fully saturated rings. The molecule has 2 unspecified atom stereocenters. The van der Waals surface area contributed by atoms with Crippen molar-refractivity contribution < 1.29 is 9.53 Å². The monoisotopic (exact) mass is 184 g/mol. The molecule has 1 rings (SSSR count). The van der Waals surface area contributed by atoms with E-state index in [-0.39, 0.29) is 17.9 Å². The number of ketones is 1. The third kappa shape index (κ3) is 2.53. The molecule has 0 aromatic carbocycles. The fourth-order valence-corrected chi connectivity index (χ4v) is 2.04. The molecule has 0 N–H and O–H groups in total. The van der Waals surface area contributed by atoms with Gasteiger partial charge in [-0.25, -0.2) is 0 Å². The fraction of sp³-hybridized carbons (Fsp3) is 0.909. The highest BCUT2D eigenvalue weighted by Crippen LogP contribution is 2.25. The zero-order valence-electron chi connectivity index (χ0n) is 8.88. The van der Waals surface area contributed by atoms with Crippen LogP contribution in [0.15, 0.2) is 0 Å². The summed E-state index contributed by atoms with van der Waals surface area (Å²) in [6, 6.07) is 0. The molecular weight excluding hydrogens is 164 g/mol. The molecule has 1 aliphatic rings. The summed E-state index contributed by atoms with van der Waals surface area (Å²) in [6.07, 6.45) is 3.15. The minimum Gasteiger partial charge on any atom is -0.378 e. The lowest BCUT2D eigenvalue weighted by Crippen LogP contribution is -2.23. The van der Waals surface area contributed by atoms with E-state index in [1.807, 2.05) is 6.92 Å². The van der Waals surface area contributed by atoms with Crippen LogP contribution in [0.25, 0.3) is 0 Å². The lowest BCUT2D eigenvalue weighted by Gasteiger charge is -2.14. The molecule has 1 aliphatic heterocycles. The highest BCUT2D eigenvalue weighted by Gasteiger charge is 2.31. The maximum Gasteiger partial charge on any atom is 0.141 e. The molecule has 1 heterocycles. The van der Waals surface area contributed by atoms with E-state index in [1.54, 1.807) is 0 Å². The van der Waals surface area contributed by atoms with E-state index in [0.717, 1.165) is 19.3 Å². The molecule has 0 bridgehead atoms. The van der Waals surface area contributed by atoms with Crippen LogP contribution in [0.4, 0.5) is 0 Å². The van der Waals surface area contributed by atoms with E-state index in [4.69, 9.17) is 4.74 Å². The van der Waals surface area contributed by atoms with E-state index < -0.39 is 0 Å². The number of Topliss-reactive ketones (excluding diaryl/α,β-unsaturated/α-hetero) is 1. The van der Waals surface area contributed by atoms with Crippen LogP contribution in [0.2, 0.25) is 0 Å². The Morgan fingerprint density at radius 1 is 1.46 bits per heavy atom. The van der Waals surface area contributed by atoms with Crippen LogP contribution in [0.1, 0.15) is 40.0 Å². The summed E-state index contributed by atoms with van der Waals surface area (Å²) in [6.45, 7) is 6.87. The van der Waals surface area contributed by atoms with Gasteiger partial charge in [-0.1, -0.05) is 13.8 Å². The molecule has 0 aromatic heterocycles. The van der Waals surface area contributed by atoms with Crippen LogP contribution >= 0.6 is 0 Å². The molecule has 0 aliphatic carbocycles. The van der Waals surface area contributed by atoms with Gasteiger partial charge < -0.3 is 4.74 Å². The summed E-state index contributed by atoms with van der Waals surface area (Å²) in [7, 11) is 0. The topological polar surface area (TPSA) is 26.3 Å². The van der Waals surface area contributed by atoms with Crippen molar-refractivity contribution in [3.05, 3.63) is 0 Å². The Morgan fingerprint density at radius 3 is 2.46 bits per heavy atom. The Kier molecular flexibility index (Phi) is 3.91. The maximum absolute atomic E-state index is 11.9. The van der Waals surface area contributed by atoms with Gasteiger partial charge in [-0.15, -0.1) is 0 Å². The molecule has 0 spiro atoms. The highest BCUT2D eigenvalue weighted by atomic mass is 16.5. The van der Waals surface area contributed by atoms with E-state index in [2.05, 4.69) is 13.8 Å². The predicted octanol–water partition coefficient (Wildman–Crippen LogP) is 2.42. The molecular formula is C11H20O2. The molecule has 0 radical (unpaired) electrons. The van der Waals surface area contributed by atoms with Crippen molar-refractivity contribution in [2.45, 2.75) is 46.1 Å². The first-order valence-corrected chi connectivity index (χ1v) is 5.34. The Hall–Kier alpha value is -0.370. The fourth-order valence-electron chi connectivity index (χ4n) is 2.04. The van der Waals surface area contributed by atoms with Crippen molar-refractivity contribution in [1.82, 2.24) is 0 Å². The van der Waals surface area contributed by atoms with Crippen molar-refractivity contribution in [3.63, 3.8) is 0 Å². The molecule has 76 valence electrons. The summed E-state index contributed by atoms with van der Waals surface area (Å²) in [5.41, 5.74) is 0. The zero-order valence-corrected chi connectivity index (χ0v) is 8.88. The minimum atomic E-state index is 0.180. The first-order chi connectivity index (χ1) is 6.19. The van der Waals surface area contributed by atoms with Crippen molar-refractivity contribution >= 4 is 5.78 Å². The summed E-state index contributed by atoms with van der Waals surface area (Å²) >= 11 is 0. The van der Waals surface area contributed by atoms with E-state index in [0.29, 0.717) is 12.4 Å². The summed E-state index contributed by atoms with van der Waals surface area (Å²) in [5, 5.41) is 0. The first kappa shape index (κ1) is 10.7. The van der Waals surface area contributed by atoms with Crippen molar-refractivity contribution in [1.29, 1.82) is 0 Å². The van der Waals surface area contributed by atoms with E-state index in [9.17, 15) is 4.79 Å². The average molecular weight is 184 g/mol. The van der Waals surface area contributed by atoms with Crippen molar-refractivity contribution in [3.8, 4) is 0 Å². The van der Waals surface area contributed by atoms with Gasteiger partial charge >= 0.3 is 0 Å². The lowest BCUT2D eigenvalue weighted by molar-refractivity contribution is -0.127. The highest BCUT2D eigenvalue weighted by molar-refractivity contribution is 5.83.